The van der Waals surface area contributed by atoms with Gasteiger partial charge in [-0.2, -0.15) is 39.5 Å². The largest absolute Gasteiger partial charge is 0.460 e. The molecule has 0 amide bonds. The Morgan fingerprint density at radius 2 is 1.36 bits per heavy atom. The van der Waals surface area contributed by atoms with Crippen LogP contribution in [0.25, 0.3) is 0 Å². The summed E-state index contributed by atoms with van der Waals surface area (Å²) in [6, 6.07) is 5.48. The molecule has 0 aliphatic heterocycles. The average molecular weight is 422 g/mol. The fourth-order valence-electron chi connectivity index (χ4n) is 2.11. The standard InChI is InChI=1S/C17H19F9N2/c1-5-10-8-6-7-9-11(10)27-12(28-13(2,3)4)14(18,19)15(20,21)16(22,23)17(24,25)26/h6-9H,5H2,1-4H3,(H,27,28). The number of rotatable bonds is 5. The highest BCUT2D eigenvalue weighted by Crippen LogP contribution is 2.53. The summed E-state index contributed by atoms with van der Waals surface area (Å²) in [5.41, 5.74) is -1.32. The Labute approximate surface area is 155 Å². The number of para-hydroxylation sites is 1. The first-order chi connectivity index (χ1) is 12.4. The summed E-state index contributed by atoms with van der Waals surface area (Å²) in [7, 11) is 0. The second kappa shape index (κ2) is 7.47. The Morgan fingerprint density at radius 3 is 1.79 bits per heavy atom. The number of alkyl halides is 9. The number of amidine groups is 1. The summed E-state index contributed by atoms with van der Waals surface area (Å²) in [6.45, 7) is 5.18. The Balaban J connectivity index is 3.59. The minimum atomic E-state index is -6.99. The molecule has 0 bridgehead atoms. The van der Waals surface area contributed by atoms with Gasteiger partial charge in [0.25, 0.3) is 0 Å². The predicted octanol–water partition coefficient (Wildman–Crippen LogP) is 6.33. The van der Waals surface area contributed by atoms with Gasteiger partial charge in [-0.15, -0.1) is 0 Å². The van der Waals surface area contributed by atoms with Crippen molar-refractivity contribution in [3.8, 4) is 0 Å². The van der Waals surface area contributed by atoms with E-state index < -0.39 is 35.3 Å². The van der Waals surface area contributed by atoms with E-state index in [1.54, 1.807) is 6.92 Å². The summed E-state index contributed by atoms with van der Waals surface area (Å²) >= 11 is 0. The number of nitrogens with zero attached hydrogens (tertiary/aromatic N) is 1. The highest BCUT2D eigenvalue weighted by atomic mass is 19.4. The molecule has 0 heterocycles. The molecule has 1 aromatic carbocycles. The molecule has 0 aliphatic rings. The highest BCUT2D eigenvalue weighted by Gasteiger charge is 2.83. The van der Waals surface area contributed by atoms with Crippen LogP contribution in [0.2, 0.25) is 0 Å². The van der Waals surface area contributed by atoms with Crippen molar-refractivity contribution in [1.82, 2.24) is 0 Å². The average Bonchev–Trinajstić information content (AvgIpc) is 2.52. The van der Waals surface area contributed by atoms with Gasteiger partial charge in [0, 0.05) is 5.69 Å². The molecule has 0 saturated heterocycles. The van der Waals surface area contributed by atoms with Crippen LogP contribution in [0.5, 0.6) is 0 Å². The van der Waals surface area contributed by atoms with E-state index in [-0.39, 0.29) is 12.1 Å². The molecular weight excluding hydrogens is 403 g/mol. The van der Waals surface area contributed by atoms with Gasteiger partial charge in [-0.3, -0.25) is 4.99 Å². The molecule has 1 N–H and O–H groups in total. The van der Waals surface area contributed by atoms with Crippen LogP contribution in [-0.2, 0) is 6.42 Å². The van der Waals surface area contributed by atoms with E-state index in [4.69, 9.17) is 0 Å². The van der Waals surface area contributed by atoms with Crippen molar-refractivity contribution in [2.45, 2.75) is 63.6 Å². The molecule has 1 aromatic rings. The van der Waals surface area contributed by atoms with Gasteiger partial charge in [0.1, 0.15) is 0 Å². The first kappa shape index (κ1) is 24.1. The van der Waals surface area contributed by atoms with Crippen molar-refractivity contribution in [2.75, 3.05) is 5.32 Å². The lowest BCUT2D eigenvalue weighted by Crippen LogP contribution is -2.64. The minimum Gasteiger partial charge on any atom is -0.339 e. The summed E-state index contributed by atoms with van der Waals surface area (Å²) in [5, 5.41) is 1.84. The zero-order chi connectivity index (χ0) is 22.2. The van der Waals surface area contributed by atoms with Gasteiger partial charge in [0.05, 0.1) is 5.54 Å². The van der Waals surface area contributed by atoms with E-state index >= 15 is 0 Å². The number of anilines is 1. The lowest BCUT2D eigenvalue weighted by Gasteiger charge is -2.35. The first-order valence-corrected chi connectivity index (χ1v) is 8.04. The quantitative estimate of drug-likeness (QED) is 0.335. The molecule has 2 nitrogen and oxygen atoms in total. The number of aryl methyl sites for hydroxylation is 1. The summed E-state index contributed by atoms with van der Waals surface area (Å²) in [4.78, 5) is 3.29. The van der Waals surface area contributed by atoms with Crippen LogP contribution < -0.4 is 5.32 Å². The van der Waals surface area contributed by atoms with Crippen molar-refractivity contribution in [2.24, 2.45) is 4.99 Å². The predicted molar refractivity (Wildman–Crippen MR) is 87.5 cm³/mol. The van der Waals surface area contributed by atoms with E-state index in [2.05, 4.69) is 4.99 Å². The summed E-state index contributed by atoms with van der Waals surface area (Å²) in [6.07, 6.45) is -6.65. The van der Waals surface area contributed by atoms with Crippen molar-refractivity contribution in [3.63, 3.8) is 0 Å². The number of halogens is 9. The van der Waals surface area contributed by atoms with Crippen LogP contribution in [0.1, 0.15) is 33.3 Å². The lowest BCUT2D eigenvalue weighted by atomic mass is 10.0. The molecule has 0 fully saturated rings. The summed E-state index contributed by atoms with van der Waals surface area (Å²) < 4.78 is 120. The third-order valence-corrected chi connectivity index (χ3v) is 3.54. The van der Waals surface area contributed by atoms with E-state index in [1.807, 2.05) is 5.32 Å². The van der Waals surface area contributed by atoms with Crippen LogP contribution >= 0.6 is 0 Å². The number of aliphatic imine (C=N–C) groups is 1. The monoisotopic (exact) mass is 422 g/mol. The highest BCUT2D eigenvalue weighted by molar-refractivity contribution is 6.02. The Hall–Kier alpha value is -1.94. The minimum absolute atomic E-state index is 0.168. The maximum atomic E-state index is 14.4. The van der Waals surface area contributed by atoms with Gasteiger partial charge in [-0.1, -0.05) is 25.1 Å². The van der Waals surface area contributed by atoms with E-state index in [0.717, 1.165) is 0 Å². The maximum absolute atomic E-state index is 14.4. The van der Waals surface area contributed by atoms with Crippen molar-refractivity contribution in [3.05, 3.63) is 29.8 Å². The van der Waals surface area contributed by atoms with Crippen LogP contribution in [0.4, 0.5) is 45.2 Å². The first-order valence-electron chi connectivity index (χ1n) is 8.04. The van der Waals surface area contributed by atoms with E-state index in [1.165, 1.54) is 45.0 Å². The summed E-state index contributed by atoms with van der Waals surface area (Å²) in [5.74, 6) is -21.7. The molecule has 1 rings (SSSR count). The van der Waals surface area contributed by atoms with Gasteiger partial charge in [0.15, 0.2) is 5.84 Å². The van der Waals surface area contributed by atoms with Gasteiger partial charge < -0.3 is 5.32 Å². The Bertz CT molecular complexity index is 716. The number of nitrogens with one attached hydrogen (secondary N) is 1. The third kappa shape index (κ3) is 4.54. The van der Waals surface area contributed by atoms with E-state index in [9.17, 15) is 39.5 Å². The fraction of sp³-hybridized carbons (Fsp3) is 0.588. The molecule has 0 aliphatic carbocycles. The zero-order valence-corrected chi connectivity index (χ0v) is 15.4. The van der Waals surface area contributed by atoms with Crippen molar-refractivity contribution < 1.29 is 39.5 Å². The van der Waals surface area contributed by atoms with Crippen LogP contribution in [0, 0.1) is 0 Å². The van der Waals surface area contributed by atoms with Gasteiger partial charge in [-0.25, -0.2) is 0 Å². The van der Waals surface area contributed by atoms with Crippen molar-refractivity contribution >= 4 is 11.5 Å². The second-order valence-corrected chi connectivity index (χ2v) is 6.99. The van der Waals surface area contributed by atoms with Gasteiger partial charge >= 0.3 is 23.9 Å². The maximum Gasteiger partial charge on any atom is 0.460 e. The molecular formula is C17H19F9N2. The van der Waals surface area contributed by atoms with Crippen LogP contribution in [-0.4, -0.2) is 35.3 Å². The lowest BCUT2D eigenvalue weighted by molar-refractivity contribution is -0.384. The number of hydrogen-bond donors (Lipinski definition) is 1. The fourth-order valence-corrected chi connectivity index (χ4v) is 2.11. The SMILES string of the molecule is CCc1ccccc1NC(=NC(C)(C)C)C(F)(F)C(F)(F)C(F)(F)C(F)(F)F. The zero-order valence-electron chi connectivity index (χ0n) is 15.4. The number of benzene rings is 1. The molecule has 0 saturated carbocycles. The van der Waals surface area contributed by atoms with Gasteiger partial charge in [0.2, 0.25) is 0 Å². The van der Waals surface area contributed by atoms with Crippen LogP contribution in [0.15, 0.2) is 29.3 Å². The van der Waals surface area contributed by atoms with Gasteiger partial charge in [-0.05, 0) is 38.8 Å². The molecule has 11 heteroatoms. The van der Waals surface area contributed by atoms with Crippen LogP contribution in [0.3, 0.4) is 0 Å². The topological polar surface area (TPSA) is 24.4 Å². The molecule has 0 spiro atoms. The van der Waals surface area contributed by atoms with E-state index in [0.29, 0.717) is 5.56 Å². The molecule has 0 unspecified atom stereocenters. The smallest absolute Gasteiger partial charge is 0.339 e. The Kier molecular flexibility index (Phi) is 6.43. The molecule has 28 heavy (non-hydrogen) atoms. The Morgan fingerprint density at radius 1 is 0.857 bits per heavy atom. The molecule has 160 valence electrons. The third-order valence-electron chi connectivity index (χ3n) is 3.54. The normalized spacial score (nSPS) is 15.0. The molecule has 0 aromatic heterocycles. The molecule has 0 radical (unpaired) electrons. The number of hydrogen-bond acceptors (Lipinski definition) is 1. The van der Waals surface area contributed by atoms with Crippen molar-refractivity contribution in [1.29, 1.82) is 0 Å². The molecule has 0 atom stereocenters. The second-order valence-electron chi connectivity index (χ2n) is 6.99.